The summed E-state index contributed by atoms with van der Waals surface area (Å²) in [7, 11) is 0. The average Bonchev–Trinajstić information content (AvgIpc) is 2.48. The monoisotopic (exact) mass is 284 g/mol. The lowest BCUT2D eigenvalue weighted by molar-refractivity contribution is -0.115. The molecule has 20 heavy (non-hydrogen) atoms. The molecule has 0 atom stereocenters. The van der Waals surface area contributed by atoms with Crippen LogP contribution in [0, 0.1) is 11.8 Å². The highest BCUT2D eigenvalue weighted by atomic mass is 35.5. The van der Waals surface area contributed by atoms with Crippen molar-refractivity contribution < 1.29 is 4.79 Å². The number of halogens is 1. The molecule has 0 radical (unpaired) electrons. The Hall–Kier alpha value is -2.31. The number of benzene rings is 1. The smallest absolute Gasteiger partial charge is 0.296 e. The van der Waals surface area contributed by atoms with Gasteiger partial charge in [0.1, 0.15) is 0 Å². The summed E-state index contributed by atoms with van der Waals surface area (Å²) in [5, 5.41) is 3.38. The van der Waals surface area contributed by atoms with Crippen LogP contribution < -0.4 is 5.32 Å². The third-order valence-corrected chi connectivity index (χ3v) is 2.81. The van der Waals surface area contributed by atoms with E-state index < -0.39 is 0 Å². The van der Waals surface area contributed by atoms with E-state index in [-0.39, 0.29) is 5.91 Å². The van der Waals surface area contributed by atoms with Crippen LogP contribution in [0.15, 0.2) is 48.7 Å². The summed E-state index contributed by atoms with van der Waals surface area (Å²) in [6, 6.07) is 12.7. The number of nitrogens with zero attached hydrogens (tertiary/aromatic N) is 1. The second-order valence-electron chi connectivity index (χ2n) is 4.08. The Labute approximate surface area is 123 Å². The molecule has 0 saturated carbocycles. The Morgan fingerprint density at radius 2 is 2.00 bits per heavy atom. The summed E-state index contributed by atoms with van der Waals surface area (Å²) in [5.74, 6) is 5.03. The summed E-state index contributed by atoms with van der Waals surface area (Å²) in [6.45, 7) is 0.519. The number of nitrogens with one attached hydrogen (secondary N) is 1. The van der Waals surface area contributed by atoms with Crippen molar-refractivity contribution in [1.29, 1.82) is 0 Å². The largest absolute Gasteiger partial charge is 0.345 e. The van der Waals surface area contributed by atoms with Crippen molar-refractivity contribution >= 4 is 17.5 Å². The van der Waals surface area contributed by atoms with Crippen LogP contribution in [0.5, 0.6) is 0 Å². The molecule has 0 aliphatic rings. The molecule has 100 valence electrons. The predicted molar refractivity (Wildman–Crippen MR) is 79.3 cm³/mol. The first kappa shape index (κ1) is 14.1. The van der Waals surface area contributed by atoms with Crippen LogP contribution in [0.1, 0.15) is 11.3 Å². The van der Waals surface area contributed by atoms with E-state index in [1.165, 1.54) is 0 Å². The van der Waals surface area contributed by atoms with Crippen molar-refractivity contribution in [1.82, 2.24) is 10.3 Å². The van der Waals surface area contributed by atoms with Gasteiger partial charge in [-0.3, -0.25) is 9.78 Å². The van der Waals surface area contributed by atoms with Crippen LogP contribution in [0.3, 0.4) is 0 Å². The van der Waals surface area contributed by atoms with Gasteiger partial charge in [-0.1, -0.05) is 23.6 Å². The van der Waals surface area contributed by atoms with Crippen LogP contribution in [0.2, 0.25) is 5.02 Å². The van der Waals surface area contributed by atoms with Crippen molar-refractivity contribution in [2.75, 3.05) is 6.54 Å². The van der Waals surface area contributed by atoms with Gasteiger partial charge in [-0.2, -0.15) is 0 Å². The van der Waals surface area contributed by atoms with Crippen LogP contribution in [-0.4, -0.2) is 17.4 Å². The van der Waals surface area contributed by atoms with Gasteiger partial charge in [0.25, 0.3) is 5.91 Å². The van der Waals surface area contributed by atoms with E-state index in [1.54, 1.807) is 30.5 Å². The van der Waals surface area contributed by atoms with E-state index in [0.29, 0.717) is 18.0 Å². The van der Waals surface area contributed by atoms with Crippen molar-refractivity contribution in [3.63, 3.8) is 0 Å². The van der Waals surface area contributed by atoms with E-state index in [2.05, 4.69) is 22.1 Å². The first-order valence-electron chi connectivity index (χ1n) is 6.19. The lowest BCUT2D eigenvalue weighted by atomic mass is 10.2. The highest BCUT2D eigenvalue weighted by Crippen LogP contribution is 2.08. The average molecular weight is 285 g/mol. The zero-order valence-electron chi connectivity index (χ0n) is 10.8. The number of pyridine rings is 1. The van der Waals surface area contributed by atoms with Crippen molar-refractivity contribution in [3.05, 3.63) is 64.9 Å². The van der Waals surface area contributed by atoms with Gasteiger partial charge in [0, 0.05) is 41.4 Å². The molecule has 0 saturated heterocycles. The van der Waals surface area contributed by atoms with Gasteiger partial charge in [-0.05, 0) is 36.4 Å². The fourth-order valence-corrected chi connectivity index (χ4v) is 1.68. The van der Waals surface area contributed by atoms with Gasteiger partial charge >= 0.3 is 0 Å². The van der Waals surface area contributed by atoms with Crippen LogP contribution in [0.25, 0.3) is 0 Å². The van der Waals surface area contributed by atoms with Gasteiger partial charge < -0.3 is 5.32 Å². The minimum Gasteiger partial charge on any atom is -0.345 e. The van der Waals surface area contributed by atoms with Crippen LogP contribution in [-0.2, 0) is 11.2 Å². The summed E-state index contributed by atoms with van der Waals surface area (Å²) in [6.07, 6.45) is 2.42. The number of aromatic nitrogens is 1. The summed E-state index contributed by atoms with van der Waals surface area (Å²) in [5.41, 5.74) is 1.70. The van der Waals surface area contributed by atoms with Gasteiger partial charge in [0.15, 0.2) is 0 Å². The predicted octanol–water partition coefficient (Wildman–Crippen LogP) is 2.45. The molecule has 1 aromatic carbocycles. The Balaban J connectivity index is 1.80. The lowest BCUT2D eigenvalue weighted by Gasteiger charge is -2.00. The van der Waals surface area contributed by atoms with Crippen molar-refractivity contribution in [2.45, 2.75) is 6.42 Å². The number of carbonyl (C=O) groups is 1. The molecule has 0 aliphatic heterocycles. The Bertz CT molecular complexity index is 627. The highest BCUT2D eigenvalue weighted by molar-refractivity contribution is 6.30. The van der Waals surface area contributed by atoms with Gasteiger partial charge in [-0.25, -0.2) is 0 Å². The molecule has 1 amide bonds. The maximum atomic E-state index is 11.5. The molecular formula is C16H13ClN2O. The minimum absolute atomic E-state index is 0.295. The SMILES string of the molecule is O=C(C#Cc1ccc(Cl)cc1)NCCc1ccccn1. The lowest BCUT2D eigenvalue weighted by Crippen LogP contribution is -2.24. The highest BCUT2D eigenvalue weighted by Gasteiger charge is 1.96. The number of carbonyl (C=O) groups excluding carboxylic acids is 1. The Kier molecular flexibility index (Phi) is 5.16. The molecule has 0 bridgehead atoms. The third-order valence-electron chi connectivity index (χ3n) is 2.56. The number of hydrogen-bond acceptors (Lipinski definition) is 2. The standard InChI is InChI=1S/C16H13ClN2O/c17-14-7-4-13(5-8-14)6-9-16(20)19-12-10-15-3-1-2-11-18-15/h1-5,7-8,11H,10,12H2,(H,19,20). The summed E-state index contributed by atoms with van der Waals surface area (Å²) < 4.78 is 0. The fraction of sp³-hybridized carbons (Fsp3) is 0.125. The zero-order chi connectivity index (χ0) is 14.2. The van der Waals surface area contributed by atoms with E-state index in [1.807, 2.05) is 18.2 Å². The van der Waals surface area contributed by atoms with Crippen molar-refractivity contribution in [3.8, 4) is 11.8 Å². The Morgan fingerprint density at radius 3 is 2.70 bits per heavy atom. The third kappa shape index (κ3) is 4.75. The zero-order valence-corrected chi connectivity index (χ0v) is 11.5. The molecule has 0 spiro atoms. The van der Waals surface area contributed by atoms with Gasteiger partial charge in [-0.15, -0.1) is 0 Å². The number of rotatable bonds is 3. The minimum atomic E-state index is -0.295. The molecule has 2 aromatic rings. The first-order valence-corrected chi connectivity index (χ1v) is 6.57. The second-order valence-corrected chi connectivity index (χ2v) is 4.52. The van der Waals surface area contributed by atoms with Gasteiger partial charge in [0.05, 0.1) is 0 Å². The quantitative estimate of drug-likeness (QED) is 0.880. The van der Waals surface area contributed by atoms with Crippen molar-refractivity contribution in [2.24, 2.45) is 0 Å². The number of amides is 1. The fourth-order valence-electron chi connectivity index (χ4n) is 1.56. The molecule has 1 aromatic heterocycles. The van der Waals surface area contributed by atoms with Gasteiger partial charge in [0.2, 0.25) is 0 Å². The van der Waals surface area contributed by atoms with E-state index in [9.17, 15) is 4.79 Å². The number of hydrogen-bond donors (Lipinski definition) is 1. The van der Waals surface area contributed by atoms with Crippen LogP contribution >= 0.6 is 11.6 Å². The molecule has 3 nitrogen and oxygen atoms in total. The summed E-state index contributed by atoms with van der Waals surface area (Å²) in [4.78, 5) is 15.7. The summed E-state index contributed by atoms with van der Waals surface area (Å²) >= 11 is 5.77. The normalized spacial score (nSPS) is 9.45. The Morgan fingerprint density at radius 1 is 1.20 bits per heavy atom. The maximum absolute atomic E-state index is 11.5. The topological polar surface area (TPSA) is 42.0 Å². The van der Waals surface area contributed by atoms with E-state index in [4.69, 9.17) is 11.6 Å². The van der Waals surface area contributed by atoms with Crippen LogP contribution in [0.4, 0.5) is 0 Å². The molecule has 0 unspecified atom stereocenters. The molecule has 4 heteroatoms. The molecule has 1 N–H and O–H groups in total. The molecule has 0 aliphatic carbocycles. The maximum Gasteiger partial charge on any atom is 0.296 e. The first-order chi connectivity index (χ1) is 9.74. The van der Waals surface area contributed by atoms with E-state index >= 15 is 0 Å². The molecule has 2 rings (SSSR count). The van der Waals surface area contributed by atoms with E-state index in [0.717, 1.165) is 11.3 Å². The second kappa shape index (κ2) is 7.32. The molecular weight excluding hydrogens is 272 g/mol. The molecule has 0 fully saturated rings. The molecule has 1 heterocycles.